The number of nitrogens with one attached hydrogen (secondary N) is 1. The molecule has 4 nitrogen and oxygen atoms in total. The summed E-state index contributed by atoms with van der Waals surface area (Å²) in [6.45, 7) is 0. The summed E-state index contributed by atoms with van der Waals surface area (Å²) in [6.07, 6.45) is -9.78. The number of H-pyrrole nitrogens is 1. The van der Waals surface area contributed by atoms with Crippen LogP contribution in [-0.4, -0.2) is 23.3 Å². The molecule has 136 valence electrons. The van der Waals surface area contributed by atoms with Gasteiger partial charge in [-0.1, -0.05) is 23.2 Å². The van der Waals surface area contributed by atoms with Crippen LogP contribution in [0.25, 0.3) is 11.3 Å². The molecule has 0 aliphatic heterocycles. The molecule has 0 saturated carbocycles. The molecule has 0 bridgehead atoms. The summed E-state index contributed by atoms with van der Waals surface area (Å²) in [6, 6.07) is 0.928. The van der Waals surface area contributed by atoms with Gasteiger partial charge >= 0.3 is 18.3 Å². The fraction of sp³-hybridized carbons (Fsp3) is 0.231. The first kappa shape index (κ1) is 19.4. The van der Waals surface area contributed by atoms with Crippen molar-refractivity contribution in [2.45, 2.75) is 12.4 Å². The Labute approximate surface area is 145 Å². The summed E-state index contributed by atoms with van der Waals surface area (Å²) in [4.78, 5) is 11.7. The lowest BCUT2D eigenvalue weighted by atomic mass is 10.0. The summed E-state index contributed by atoms with van der Waals surface area (Å²) in [5.41, 5.74) is -4.94. The van der Waals surface area contributed by atoms with Gasteiger partial charge in [-0.3, -0.25) is 5.10 Å². The zero-order valence-electron chi connectivity index (χ0n) is 11.9. The summed E-state index contributed by atoms with van der Waals surface area (Å²) < 4.78 is 81.5. The number of hydrogen-bond donors (Lipinski definition) is 1. The monoisotopic (exact) mass is 406 g/mol. The van der Waals surface area contributed by atoms with Crippen molar-refractivity contribution in [3.8, 4) is 11.3 Å². The number of carbonyl (C=O) groups excluding carboxylic acids is 1. The fourth-order valence-corrected chi connectivity index (χ4v) is 2.66. The molecule has 0 aliphatic rings. The van der Waals surface area contributed by atoms with Crippen LogP contribution in [0.2, 0.25) is 10.0 Å². The van der Waals surface area contributed by atoms with Gasteiger partial charge in [0.25, 0.3) is 0 Å². The van der Waals surface area contributed by atoms with Crippen molar-refractivity contribution >= 4 is 29.2 Å². The van der Waals surface area contributed by atoms with Crippen LogP contribution in [0.4, 0.5) is 26.3 Å². The van der Waals surface area contributed by atoms with E-state index in [0.717, 1.165) is 7.11 Å². The van der Waals surface area contributed by atoms with Crippen LogP contribution >= 0.6 is 23.2 Å². The van der Waals surface area contributed by atoms with Crippen LogP contribution < -0.4 is 0 Å². The maximum atomic E-state index is 13.0. The minimum absolute atomic E-state index is 0.464. The maximum absolute atomic E-state index is 13.0. The molecule has 1 N–H and O–H groups in total. The molecule has 0 aliphatic carbocycles. The Morgan fingerprint density at radius 1 is 1.08 bits per heavy atom. The lowest BCUT2D eigenvalue weighted by Gasteiger charge is -2.12. The molecule has 0 unspecified atom stereocenters. The van der Waals surface area contributed by atoms with Gasteiger partial charge in [0.15, 0.2) is 5.69 Å². The van der Waals surface area contributed by atoms with E-state index < -0.39 is 56.4 Å². The lowest BCUT2D eigenvalue weighted by molar-refractivity contribution is -0.141. The summed E-state index contributed by atoms with van der Waals surface area (Å²) >= 11 is 11.5. The fourth-order valence-electron chi connectivity index (χ4n) is 1.99. The van der Waals surface area contributed by atoms with Crippen molar-refractivity contribution < 1.29 is 35.9 Å². The van der Waals surface area contributed by atoms with Crippen molar-refractivity contribution in [3.63, 3.8) is 0 Å². The van der Waals surface area contributed by atoms with Crippen molar-refractivity contribution in [1.82, 2.24) is 10.2 Å². The number of benzene rings is 1. The summed E-state index contributed by atoms with van der Waals surface area (Å²) in [5.74, 6) is -1.41. The van der Waals surface area contributed by atoms with E-state index in [1.54, 1.807) is 5.10 Å². The standard InChI is InChI=1S/C13H6Cl2F6N2O2/c1-25-11(24)8-9(22-23-10(8)13(19,20)21)7-5(14)2-4(3-6(7)15)12(16,17)18/h2-3H,1H3,(H,22,23). The molecular weight excluding hydrogens is 401 g/mol. The van der Waals surface area contributed by atoms with E-state index in [4.69, 9.17) is 23.2 Å². The van der Waals surface area contributed by atoms with E-state index in [1.807, 2.05) is 0 Å². The highest BCUT2D eigenvalue weighted by Crippen LogP contribution is 2.43. The van der Waals surface area contributed by atoms with E-state index in [9.17, 15) is 31.1 Å². The van der Waals surface area contributed by atoms with Gasteiger partial charge in [0.1, 0.15) is 11.3 Å². The number of alkyl halides is 6. The number of aromatic nitrogens is 2. The largest absolute Gasteiger partial charge is 0.465 e. The Morgan fingerprint density at radius 2 is 1.60 bits per heavy atom. The van der Waals surface area contributed by atoms with Gasteiger partial charge in [0.2, 0.25) is 0 Å². The number of nitrogens with zero attached hydrogens (tertiary/aromatic N) is 1. The second-order valence-electron chi connectivity index (χ2n) is 4.62. The third-order valence-corrected chi connectivity index (χ3v) is 3.64. The highest BCUT2D eigenvalue weighted by Gasteiger charge is 2.41. The Balaban J connectivity index is 2.76. The zero-order chi connectivity index (χ0) is 19.2. The van der Waals surface area contributed by atoms with Crippen molar-refractivity contribution in [2.24, 2.45) is 0 Å². The molecule has 0 radical (unpaired) electrons. The minimum Gasteiger partial charge on any atom is -0.465 e. The maximum Gasteiger partial charge on any atom is 0.433 e. The first-order chi connectivity index (χ1) is 11.4. The van der Waals surface area contributed by atoms with Gasteiger partial charge in [0.05, 0.1) is 22.7 Å². The van der Waals surface area contributed by atoms with E-state index >= 15 is 0 Å². The van der Waals surface area contributed by atoms with Crippen molar-refractivity contribution in [1.29, 1.82) is 0 Å². The molecule has 0 atom stereocenters. The Kier molecular flexibility index (Phi) is 4.97. The van der Waals surface area contributed by atoms with E-state index in [-0.39, 0.29) is 0 Å². The van der Waals surface area contributed by atoms with Crippen LogP contribution in [0, 0.1) is 0 Å². The van der Waals surface area contributed by atoms with Crippen LogP contribution in [0.15, 0.2) is 12.1 Å². The number of esters is 1. The average Bonchev–Trinajstić information content (AvgIpc) is 2.89. The Morgan fingerprint density at radius 3 is 2.00 bits per heavy atom. The van der Waals surface area contributed by atoms with Gasteiger partial charge in [-0.15, -0.1) is 0 Å². The minimum atomic E-state index is -5.00. The smallest absolute Gasteiger partial charge is 0.433 e. The Bertz CT molecular complexity index is 806. The van der Waals surface area contributed by atoms with Crippen molar-refractivity contribution in [3.05, 3.63) is 39.0 Å². The summed E-state index contributed by atoms with van der Waals surface area (Å²) in [7, 11) is 0.829. The number of ether oxygens (including phenoxy) is 1. The van der Waals surface area contributed by atoms with Gasteiger partial charge in [-0.05, 0) is 12.1 Å². The molecule has 0 fully saturated rings. The second kappa shape index (κ2) is 6.41. The molecule has 2 aromatic rings. The number of rotatable bonds is 2. The second-order valence-corrected chi connectivity index (χ2v) is 5.44. The van der Waals surface area contributed by atoms with Crippen molar-refractivity contribution in [2.75, 3.05) is 7.11 Å². The predicted molar refractivity (Wildman–Crippen MR) is 75.4 cm³/mol. The first-order valence-corrected chi connectivity index (χ1v) is 6.94. The predicted octanol–water partition coefficient (Wildman–Crippen LogP) is 5.21. The molecule has 1 aromatic heterocycles. The van der Waals surface area contributed by atoms with Crippen LogP contribution in [0.1, 0.15) is 21.6 Å². The lowest BCUT2D eigenvalue weighted by Crippen LogP contribution is -2.14. The third kappa shape index (κ3) is 3.69. The van der Waals surface area contributed by atoms with Gasteiger partial charge in [0, 0.05) is 5.56 Å². The number of carbonyl (C=O) groups is 1. The Hall–Kier alpha value is -1.94. The molecule has 0 spiro atoms. The van der Waals surface area contributed by atoms with Gasteiger partial charge in [-0.2, -0.15) is 31.4 Å². The molecule has 12 heteroatoms. The highest BCUT2D eigenvalue weighted by atomic mass is 35.5. The number of methoxy groups -OCH3 is 1. The van der Waals surface area contributed by atoms with Gasteiger partial charge < -0.3 is 4.74 Å². The zero-order valence-corrected chi connectivity index (χ0v) is 13.5. The van der Waals surface area contributed by atoms with Gasteiger partial charge in [-0.25, -0.2) is 4.79 Å². The van der Waals surface area contributed by atoms with Crippen LogP contribution in [0.5, 0.6) is 0 Å². The van der Waals surface area contributed by atoms with Crippen LogP contribution in [0.3, 0.4) is 0 Å². The number of hydrogen-bond acceptors (Lipinski definition) is 3. The third-order valence-electron chi connectivity index (χ3n) is 3.05. The molecule has 1 heterocycles. The van der Waals surface area contributed by atoms with E-state index in [0.29, 0.717) is 12.1 Å². The topological polar surface area (TPSA) is 55.0 Å². The normalized spacial score (nSPS) is 12.4. The van der Waals surface area contributed by atoms with Crippen LogP contribution in [-0.2, 0) is 17.1 Å². The molecular formula is C13H6Cl2F6N2O2. The number of aromatic amines is 1. The van der Waals surface area contributed by atoms with E-state index in [2.05, 4.69) is 9.84 Å². The number of halogens is 8. The first-order valence-electron chi connectivity index (χ1n) is 6.18. The molecule has 0 saturated heterocycles. The molecule has 25 heavy (non-hydrogen) atoms. The summed E-state index contributed by atoms with van der Waals surface area (Å²) in [5, 5.41) is 3.68. The average molecular weight is 407 g/mol. The SMILES string of the molecule is COC(=O)c1c(-c2c(Cl)cc(C(F)(F)F)cc2Cl)n[nH]c1C(F)(F)F. The highest BCUT2D eigenvalue weighted by molar-refractivity contribution is 6.39. The molecule has 2 rings (SSSR count). The molecule has 0 amide bonds. The molecule has 1 aromatic carbocycles. The van der Waals surface area contributed by atoms with E-state index in [1.165, 1.54) is 0 Å². The quantitative estimate of drug-likeness (QED) is 0.550.